The number of hydrogen-bond acceptors (Lipinski definition) is 7. The molecule has 1 fully saturated rings. The van der Waals surface area contributed by atoms with Gasteiger partial charge in [0.2, 0.25) is 35.9 Å². The van der Waals surface area contributed by atoms with Gasteiger partial charge in [-0.2, -0.15) is 0 Å². The van der Waals surface area contributed by atoms with Gasteiger partial charge >= 0.3 is 0 Å². The molecule has 0 radical (unpaired) electrons. The van der Waals surface area contributed by atoms with Crippen molar-refractivity contribution in [2.75, 3.05) is 6.54 Å². The highest BCUT2D eigenvalue weighted by molar-refractivity contribution is 5.89. The van der Waals surface area contributed by atoms with E-state index in [-0.39, 0.29) is 50.2 Å². The van der Waals surface area contributed by atoms with Crippen molar-refractivity contribution >= 4 is 35.9 Å². The number of primary amides is 1. The van der Waals surface area contributed by atoms with E-state index in [2.05, 4.69) is 33.2 Å². The van der Waals surface area contributed by atoms with Gasteiger partial charge in [-0.3, -0.25) is 28.8 Å². The largest absolute Gasteiger partial charge is 0.469 e. The molecule has 1 aliphatic carbocycles. The van der Waals surface area contributed by atoms with E-state index in [1.54, 1.807) is 36.4 Å². The smallest absolute Gasteiger partial charge is 0.243 e. The van der Waals surface area contributed by atoms with Gasteiger partial charge in [-0.25, -0.2) is 0 Å². The van der Waals surface area contributed by atoms with Crippen LogP contribution in [0.4, 0.5) is 0 Å². The molecular formula is C31H40N6O7. The summed E-state index contributed by atoms with van der Waals surface area (Å²) in [5, 5.41) is 13.6. The highest BCUT2D eigenvalue weighted by Crippen LogP contribution is 2.24. The Labute approximate surface area is 255 Å². The first-order chi connectivity index (χ1) is 21.2. The third-order valence-electron chi connectivity index (χ3n) is 7.54. The molecule has 0 aliphatic heterocycles. The number of carbonyl (C=O) groups is 6. The van der Waals surface area contributed by atoms with Crippen LogP contribution in [0.3, 0.4) is 0 Å². The highest BCUT2D eigenvalue weighted by atomic mass is 16.3. The van der Waals surface area contributed by atoms with Crippen LogP contribution in [-0.4, -0.2) is 60.6 Å². The Bertz CT molecular complexity index is 1300. The van der Waals surface area contributed by atoms with Gasteiger partial charge in [0.05, 0.1) is 12.7 Å². The van der Waals surface area contributed by atoms with Crippen molar-refractivity contribution in [3.8, 4) is 0 Å². The van der Waals surface area contributed by atoms with Gasteiger partial charge in [-0.05, 0) is 61.4 Å². The van der Waals surface area contributed by atoms with Crippen molar-refractivity contribution < 1.29 is 33.2 Å². The number of nitrogens with two attached hydrogens (primary N) is 1. The summed E-state index contributed by atoms with van der Waals surface area (Å²) in [6, 6.07) is 8.63. The summed E-state index contributed by atoms with van der Waals surface area (Å²) in [7, 11) is 0. The predicted molar refractivity (Wildman–Crippen MR) is 160 cm³/mol. The second-order valence-corrected chi connectivity index (χ2v) is 10.6. The van der Waals surface area contributed by atoms with E-state index in [4.69, 9.17) is 10.2 Å². The third-order valence-corrected chi connectivity index (χ3v) is 7.54. The van der Waals surface area contributed by atoms with Crippen molar-refractivity contribution in [3.05, 3.63) is 72.2 Å². The van der Waals surface area contributed by atoms with E-state index in [9.17, 15) is 28.8 Å². The summed E-state index contributed by atoms with van der Waals surface area (Å²) in [4.78, 5) is 73.2. The van der Waals surface area contributed by atoms with E-state index < -0.39 is 35.7 Å². The van der Waals surface area contributed by atoms with Gasteiger partial charge in [-0.1, -0.05) is 30.8 Å². The molecule has 44 heavy (non-hydrogen) atoms. The van der Waals surface area contributed by atoms with Crippen LogP contribution in [0.2, 0.25) is 0 Å². The Hall–Kier alpha value is -4.94. The Balaban J connectivity index is 1.60. The van der Waals surface area contributed by atoms with Gasteiger partial charge in [0.15, 0.2) is 0 Å². The lowest BCUT2D eigenvalue weighted by Gasteiger charge is -2.28. The second kappa shape index (κ2) is 17.2. The molecule has 0 spiro atoms. The molecule has 13 nitrogen and oxygen atoms in total. The SMILES string of the molecule is C=CC(=O)NCC[C@H](NC(=O)Cc1ccccc1CNC(=O)[C@H](Cc1ccco1)NC(=O)[C@H]1CC[C@@H](NC=O)CC1)C(N)=O. The monoisotopic (exact) mass is 608 g/mol. The Morgan fingerprint density at radius 2 is 1.68 bits per heavy atom. The van der Waals surface area contributed by atoms with Crippen LogP contribution in [0.5, 0.6) is 0 Å². The maximum absolute atomic E-state index is 13.3. The van der Waals surface area contributed by atoms with Gasteiger partial charge in [0, 0.05) is 31.5 Å². The Morgan fingerprint density at radius 1 is 0.955 bits per heavy atom. The number of rotatable bonds is 17. The Kier molecular flexibility index (Phi) is 13.2. The molecule has 236 valence electrons. The van der Waals surface area contributed by atoms with Crippen molar-refractivity contribution in [3.63, 3.8) is 0 Å². The maximum atomic E-state index is 13.3. The fourth-order valence-corrected chi connectivity index (χ4v) is 5.07. The van der Waals surface area contributed by atoms with Crippen molar-refractivity contribution in [2.24, 2.45) is 11.7 Å². The van der Waals surface area contributed by atoms with Crippen LogP contribution in [-0.2, 0) is 48.2 Å². The first-order valence-electron chi connectivity index (χ1n) is 14.6. The fraction of sp³-hybridized carbons (Fsp3) is 0.419. The van der Waals surface area contributed by atoms with E-state index in [1.807, 2.05) is 0 Å². The second-order valence-electron chi connectivity index (χ2n) is 10.6. The fourth-order valence-electron chi connectivity index (χ4n) is 5.07. The quantitative estimate of drug-likeness (QED) is 0.108. The van der Waals surface area contributed by atoms with E-state index in [0.29, 0.717) is 49.0 Å². The minimum atomic E-state index is -0.984. The number of amides is 6. The molecule has 1 aliphatic rings. The summed E-state index contributed by atoms with van der Waals surface area (Å²) in [5.41, 5.74) is 6.73. The first kappa shape index (κ1) is 33.6. The summed E-state index contributed by atoms with van der Waals surface area (Å²) in [6.07, 6.45) is 6.01. The van der Waals surface area contributed by atoms with Crippen LogP contribution >= 0.6 is 0 Å². The van der Waals surface area contributed by atoms with Gasteiger partial charge in [0.1, 0.15) is 17.8 Å². The molecule has 1 heterocycles. The molecule has 6 amide bonds. The lowest BCUT2D eigenvalue weighted by atomic mass is 9.85. The zero-order valence-electron chi connectivity index (χ0n) is 24.5. The normalized spacial score (nSPS) is 17.3. The average Bonchev–Trinajstić information content (AvgIpc) is 3.53. The number of nitrogens with one attached hydrogen (secondary N) is 5. The van der Waals surface area contributed by atoms with Crippen LogP contribution in [0, 0.1) is 5.92 Å². The maximum Gasteiger partial charge on any atom is 0.243 e. The summed E-state index contributed by atoms with van der Waals surface area (Å²) < 4.78 is 5.42. The zero-order chi connectivity index (χ0) is 31.9. The van der Waals surface area contributed by atoms with Crippen LogP contribution in [0.1, 0.15) is 49.0 Å². The summed E-state index contributed by atoms with van der Waals surface area (Å²) in [6.45, 7) is 3.56. The minimum Gasteiger partial charge on any atom is -0.469 e. The van der Waals surface area contributed by atoms with Crippen molar-refractivity contribution in [1.82, 2.24) is 26.6 Å². The molecule has 2 atom stereocenters. The number of furan rings is 1. The topological polar surface area (TPSA) is 202 Å². The van der Waals surface area contributed by atoms with E-state index >= 15 is 0 Å². The van der Waals surface area contributed by atoms with E-state index in [0.717, 1.165) is 6.08 Å². The summed E-state index contributed by atoms with van der Waals surface area (Å²) in [5.74, 6) is -1.97. The minimum absolute atomic E-state index is 0.0487. The molecule has 3 rings (SSSR count). The number of hydrogen-bond donors (Lipinski definition) is 6. The Morgan fingerprint density at radius 3 is 2.32 bits per heavy atom. The molecule has 2 aromatic rings. The average molecular weight is 609 g/mol. The number of carbonyl (C=O) groups excluding carboxylic acids is 6. The third kappa shape index (κ3) is 10.7. The molecule has 7 N–H and O–H groups in total. The molecule has 13 heteroatoms. The lowest BCUT2D eigenvalue weighted by Crippen LogP contribution is -2.50. The lowest BCUT2D eigenvalue weighted by molar-refractivity contribution is -0.132. The molecule has 1 aromatic carbocycles. The molecule has 0 unspecified atom stereocenters. The number of benzene rings is 1. The van der Waals surface area contributed by atoms with Crippen molar-refractivity contribution in [1.29, 1.82) is 0 Å². The van der Waals surface area contributed by atoms with Crippen LogP contribution < -0.4 is 32.3 Å². The molecule has 0 bridgehead atoms. The van der Waals surface area contributed by atoms with Crippen LogP contribution in [0.15, 0.2) is 59.7 Å². The molecular weight excluding hydrogens is 568 g/mol. The first-order valence-corrected chi connectivity index (χ1v) is 14.6. The summed E-state index contributed by atoms with van der Waals surface area (Å²) >= 11 is 0. The van der Waals surface area contributed by atoms with Gasteiger partial charge in [0.25, 0.3) is 0 Å². The predicted octanol–water partition coefficient (Wildman–Crippen LogP) is 0.133. The molecule has 1 aromatic heterocycles. The highest BCUT2D eigenvalue weighted by Gasteiger charge is 2.30. The molecule has 0 saturated heterocycles. The zero-order valence-corrected chi connectivity index (χ0v) is 24.5. The van der Waals surface area contributed by atoms with E-state index in [1.165, 1.54) is 6.26 Å². The van der Waals surface area contributed by atoms with Crippen molar-refractivity contribution in [2.45, 2.75) is 69.6 Å². The standard InChI is InChI=1S/C31H40N6O7/c1-2-27(39)33-14-13-25(29(32)41)36-28(40)16-21-6-3-4-7-22(21)18-34-31(43)26(17-24-8-5-15-44-24)37-30(42)20-9-11-23(12-10-20)35-19-38/h2-8,15,19-20,23,25-26H,1,9-14,16-18H2,(H2,32,41)(H,33,39)(H,34,43)(H,35,38)(H,36,40)(H,37,42)/t20-,23+,25-,26-/m0/s1. The van der Waals surface area contributed by atoms with Gasteiger partial charge in [-0.15, -0.1) is 0 Å². The van der Waals surface area contributed by atoms with Crippen LogP contribution in [0.25, 0.3) is 0 Å². The van der Waals surface area contributed by atoms with Gasteiger partial charge < -0.3 is 36.7 Å². The molecule has 1 saturated carbocycles.